The maximum absolute atomic E-state index is 6.03. The third-order valence-electron chi connectivity index (χ3n) is 9.52. The molecule has 3 aromatic heterocycles. The van der Waals surface area contributed by atoms with Gasteiger partial charge in [-0.05, 0) is 97.5 Å². The summed E-state index contributed by atoms with van der Waals surface area (Å²) in [6.07, 6.45) is 1.92. The SMILES string of the molecule is c1ccc2cc(-c3cc(-c4ccc(-c5nc6ccccc6o5)nc4)c4cc(-c5cc6ccccc6c6ccccc56)ccc4n3)ccc2c1. The Bertz CT molecular complexity index is 2850. The Kier molecular flexibility index (Phi) is 6.15. The quantitative estimate of drug-likeness (QED) is 0.183. The number of hydrogen-bond acceptors (Lipinski definition) is 4. The van der Waals surface area contributed by atoms with Gasteiger partial charge in [-0.25, -0.2) is 9.97 Å². The molecular weight excluding hydrogens is 599 g/mol. The number of oxazole rings is 1. The third-order valence-corrected chi connectivity index (χ3v) is 9.52. The fourth-order valence-electron chi connectivity index (χ4n) is 7.08. The van der Waals surface area contributed by atoms with Gasteiger partial charge in [0.2, 0.25) is 5.89 Å². The molecule has 7 aromatic carbocycles. The molecule has 0 atom stereocenters. The number of hydrogen-bond donors (Lipinski definition) is 0. The minimum atomic E-state index is 0.509. The Morgan fingerprint density at radius 1 is 0.388 bits per heavy atom. The van der Waals surface area contributed by atoms with Crippen LogP contribution in [0.3, 0.4) is 0 Å². The van der Waals surface area contributed by atoms with E-state index in [0.717, 1.165) is 50.0 Å². The number of benzene rings is 7. The normalized spacial score (nSPS) is 11.7. The molecule has 0 N–H and O–H groups in total. The average Bonchev–Trinajstić information content (AvgIpc) is 3.61. The molecule has 0 unspecified atom stereocenters. The smallest absolute Gasteiger partial charge is 0.246 e. The van der Waals surface area contributed by atoms with E-state index >= 15 is 0 Å². The second-order valence-corrected chi connectivity index (χ2v) is 12.5. The summed E-state index contributed by atoms with van der Waals surface area (Å²) >= 11 is 0. The van der Waals surface area contributed by atoms with Crippen LogP contribution in [-0.4, -0.2) is 15.0 Å². The van der Waals surface area contributed by atoms with Crippen molar-refractivity contribution in [2.45, 2.75) is 0 Å². The molecule has 0 saturated carbocycles. The van der Waals surface area contributed by atoms with Gasteiger partial charge < -0.3 is 4.42 Å². The van der Waals surface area contributed by atoms with E-state index in [1.807, 2.05) is 36.5 Å². The van der Waals surface area contributed by atoms with Crippen LogP contribution in [-0.2, 0) is 0 Å². The first-order valence-electron chi connectivity index (χ1n) is 16.4. The number of para-hydroxylation sites is 2. The Morgan fingerprint density at radius 2 is 1.10 bits per heavy atom. The van der Waals surface area contributed by atoms with Crippen LogP contribution in [0.4, 0.5) is 0 Å². The first kappa shape index (κ1) is 27.5. The van der Waals surface area contributed by atoms with Crippen molar-refractivity contribution < 1.29 is 4.42 Å². The van der Waals surface area contributed by atoms with Crippen molar-refractivity contribution in [2.75, 3.05) is 0 Å². The van der Waals surface area contributed by atoms with Crippen LogP contribution in [0.1, 0.15) is 0 Å². The second-order valence-electron chi connectivity index (χ2n) is 12.5. The summed E-state index contributed by atoms with van der Waals surface area (Å²) in [7, 11) is 0. The Hall–Kier alpha value is -6.65. The van der Waals surface area contributed by atoms with E-state index in [1.165, 1.54) is 37.9 Å². The molecule has 10 rings (SSSR count). The Labute approximate surface area is 282 Å². The van der Waals surface area contributed by atoms with Crippen molar-refractivity contribution in [3.8, 4) is 45.1 Å². The predicted molar refractivity (Wildman–Crippen MR) is 201 cm³/mol. The van der Waals surface area contributed by atoms with Crippen LogP contribution in [0.15, 0.2) is 168 Å². The highest BCUT2D eigenvalue weighted by Crippen LogP contribution is 2.39. The molecule has 228 valence electrons. The molecule has 49 heavy (non-hydrogen) atoms. The van der Waals surface area contributed by atoms with Crippen LogP contribution in [0.5, 0.6) is 0 Å². The third kappa shape index (κ3) is 4.65. The summed E-state index contributed by atoms with van der Waals surface area (Å²) in [4.78, 5) is 14.7. The molecule has 0 amide bonds. The summed E-state index contributed by atoms with van der Waals surface area (Å²) in [5.41, 5.74) is 9.58. The topological polar surface area (TPSA) is 51.8 Å². The molecule has 4 nitrogen and oxygen atoms in total. The Morgan fingerprint density at radius 3 is 1.96 bits per heavy atom. The predicted octanol–water partition coefficient (Wildman–Crippen LogP) is 11.9. The minimum absolute atomic E-state index is 0.509. The van der Waals surface area contributed by atoms with E-state index in [2.05, 4.69) is 132 Å². The lowest BCUT2D eigenvalue weighted by atomic mass is 9.91. The molecule has 0 radical (unpaired) electrons. The van der Waals surface area contributed by atoms with Crippen molar-refractivity contribution >= 4 is 54.3 Å². The van der Waals surface area contributed by atoms with Crippen LogP contribution in [0.25, 0.3) is 99.4 Å². The van der Waals surface area contributed by atoms with Crippen molar-refractivity contribution in [3.05, 3.63) is 164 Å². The lowest BCUT2D eigenvalue weighted by molar-refractivity contribution is 0.617. The molecule has 0 aliphatic carbocycles. The van der Waals surface area contributed by atoms with Gasteiger partial charge in [0, 0.05) is 22.7 Å². The van der Waals surface area contributed by atoms with Gasteiger partial charge in [-0.3, -0.25) is 4.98 Å². The molecule has 0 spiro atoms. The zero-order chi connectivity index (χ0) is 32.3. The fourth-order valence-corrected chi connectivity index (χ4v) is 7.08. The molecule has 10 aromatic rings. The maximum atomic E-state index is 6.03. The van der Waals surface area contributed by atoms with E-state index in [9.17, 15) is 0 Å². The standard InChI is InChI=1S/C45H27N3O/c1-2-10-29-23-32(18-17-28(29)9-1)43-26-38(33-20-22-42(46-27-33)45-48-41-15-7-8-16-44(41)49-45)39-25-31(19-21-40(39)47-43)37-24-30-11-3-4-12-34(30)35-13-5-6-14-36(35)37/h1-27H. The van der Waals surface area contributed by atoms with Crippen LogP contribution >= 0.6 is 0 Å². The first-order chi connectivity index (χ1) is 24.2. The van der Waals surface area contributed by atoms with Gasteiger partial charge in [-0.15, -0.1) is 0 Å². The lowest BCUT2D eigenvalue weighted by Gasteiger charge is -2.14. The van der Waals surface area contributed by atoms with E-state index in [4.69, 9.17) is 14.4 Å². The van der Waals surface area contributed by atoms with Crippen LogP contribution < -0.4 is 0 Å². The van der Waals surface area contributed by atoms with Crippen molar-refractivity contribution in [3.63, 3.8) is 0 Å². The lowest BCUT2D eigenvalue weighted by Crippen LogP contribution is -1.93. The van der Waals surface area contributed by atoms with Gasteiger partial charge in [-0.2, -0.15) is 0 Å². The number of aromatic nitrogens is 3. The van der Waals surface area contributed by atoms with E-state index in [1.54, 1.807) is 0 Å². The molecule has 0 aliphatic rings. The highest BCUT2D eigenvalue weighted by molar-refractivity contribution is 6.14. The summed E-state index contributed by atoms with van der Waals surface area (Å²) < 4.78 is 6.03. The number of rotatable bonds is 4. The highest BCUT2D eigenvalue weighted by atomic mass is 16.3. The average molecular weight is 626 g/mol. The van der Waals surface area contributed by atoms with E-state index in [-0.39, 0.29) is 0 Å². The van der Waals surface area contributed by atoms with Gasteiger partial charge in [0.1, 0.15) is 11.2 Å². The van der Waals surface area contributed by atoms with Gasteiger partial charge in [0.05, 0.1) is 11.2 Å². The second kappa shape index (κ2) is 11.0. The molecular formula is C45H27N3O. The minimum Gasteiger partial charge on any atom is -0.435 e. The summed E-state index contributed by atoms with van der Waals surface area (Å²) in [5, 5.41) is 8.42. The van der Waals surface area contributed by atoms with Crippen LogP contribution in [0, 0.1) is 0 Å². The Balaban J connectivity index is 1.17. The zero-order valence-electron chi connectivity index (χ0n) is 26.3. The number of pyridine rings is 2. The molecule has 0 aliphatic heterocycles. The van der Waals surface area contributed by atoms with Gasteiger partial charge >= 0.3 is 0 Å². The summed E-state index contributed by atoms with van der Waals surface area (Å²) in [6, 6.07) is 55.3. The van der Waals surface area contributed by atoms with Gasteiger partial charge in [-0.1, -0.05) is 109 Å². The molecule has 0 saturated heterocycles. The van der Waals surface area contributed by atoms with Crippen molar-refractivity contribution in [2.24, 2.45) is 0 Å². The molecule has 0 fully saturated rings. The molecule has 0 bridgehead atoms. The van der Waals surface area contributed by atoms with Gasteiger partial charge in [0.25, 0.3) is 0 Å². The first-order valence-corrected chi connectivity index (χ1v) is 16.4. The molecule has 3 heterocycles. The number of nitrogens with zero attached hydrogens (tertiary/aromatic N) is 3. The molecule has 4 heteroatoms. The van der Waals surface area contributed by atoms with Crippen LogP contribution in [0.2, 0.25) is 0 Å². The monoisotopic (exact) mass is 625 g/mol. The fraction of sp³-hybridized carbons (Fsp3) is 0. The van der Waals surface area contributed by atoms with Crippen molar-refractivity contribution in [1.82, 2.24) is 15.0 Å². The van der Waals surface area contributed by atoms with Crippen molar-refractivity contribution in [1.29, 1.82) is 0 Å². The summed E-state index contributed by atoms with van der Waals surface area (Å²) in [5.74, 6) is 0.509. The van der Waals surface area contributed by atoms with E-state index in [0.29, 0.717) is 11.6 Å². The zero-order valence-corrected chi connectivity index (χ0v) is 26.3. The highest BCUT2D eigenvalue weighted by Gasteiger charge is 2.16. The summed E-state index contributed by atoms with van der Waals surface area (Å²) in [6.45, 7) is 0. The van der Waals surface area contributed by atoms with Gasteiger partial charge in [0.15, 0.2) is 5.58 Å². The maximum Gasteiger partial charge on any atom is 0.246 e. The van der Waals surface area contributed by atoms with E-state index < -0.39 is 0 Å². The largest absolute Gasteiger partial charge is 0.435 e. The number of fused-ring (bicyclic) bond motifs is 6.